The molecule has 1 aromatic carbocycles. The molecule has 1 heterocycles. The van der Waals surface area contributed by atoms with Crippen LogP contribution in [0.4, 0.5) is 10.1 Å². The molecule has 0 aliphatic rings. The van der Waals surface area contributed by atoms with E-state index < -0.39 is 0 Å². The van der Waals surface area contributed by atoms with Crippen molar-refractivity contribution in [3.63, 3.8) is 0 Å². The van der Waals surface area contributed by atoms with Crippen LogP contribution in [0, 0.1) is 5.82 Å². The summed E-state index contributed by atoms with van der Waals surface area (Å²) < 4.78 is 13.4. The Morgan fingerprint density at radius 2 is 2.21 bits per heavy atom. The van der Waals surface area contributed by atoms with Crippen molar-refractivity contribution >= 4 is 38.9 Å². The van der Waals surface area contributed by atoms with E-state index in [1.54, 1.807) is 23.5 Å². The summed E-state index contributed by atoms with van der Waals surface area (Å²) in [6.07, 6.45) is 2.19. The summed E-state index contributed by atoms with van der Waals surface area (Å²) in [6, 6.07) is 8.52. The minimum absolute atomic E-state index is 0.0462. The van der Waals surface area contributed by atoms with Crippen LogP contribution in [-0.2, 0) is 11.2 Å². The maximum atomic E-state index is 13.0. The number of amides is 1. The van der Waals surface area contributed by atoms with Gasteiger partial charge in [-0.25, -0.2) is 4.39 Å². The van der Waals surface area contributed by atoms with Crippen molar-refractivity contribution in [2.45, 2.75) is 19.3 Å². The van der Waals surface area contributed by atoms with Crippen LogP contribution in [0.3, 0.4) is 0 Å². The monoisotopic (exact) mass is 341 g/mol. The molecule has 0 aliphatic carbocycles. The Bertz CT molecular complexity index is 557. The average molecular weight is 342 g/mol. The van der Waals surface area contributed by atoms with Gasteiger partial charge in [0.05, 0.1) is 4.47 Å². The number of carbonyl (C=O) groups is 1. The predicted molar refractivity (Wildman–Crippen MR) is 80.0 cm³/mol. The van der Waals surface area contributed by atoms with Crippen LogP contribution < -0.4 is 5.32 Å². The van der Waals surface area contributed by atoms with Gasteiger partial charge >= 0.3 is 0 Å². The van der Waals surface area contributed by atoms with E-state index in [-0.39, 0.29) is 11.7 Å². The van der Waals surface area contributed by atoms with Gasteiger partial charge in [-0.2, -0.15) is 0 Å². The molecule has 5 heteroatoms. The zero-order valence-corrected chi connectivity index (χ0v) is 12.6. The Kier molecular flexibility index (Phi) is 5.10. The molecule has 0 unspecified atom stereocenters. The predicted octanol–water partition coefficient (Wildman–Crippen LogP) is 4.61. The van der Waals surface area contributed by atoms with Gasteiger partial charge in [-0.1, -0.05) is 6.07 Å². The van der Waals surface area contributed by atoms with Gasteiger partial charge in [-0.15, -0.1) is 11.3 Å². The van der Waals surface area contributed by atoms with Crippen molar-refractivity contribution in [2.24, 2.45) is 0 Å². The molecule has 0 fully saturated rings. The number of hydrogen-bond donors (Lipinski definition) is 1. The van der Waals surface area contributed by atoms with Crippen LogP contribution in [0.2, 0.25) is 0 Å². The van der Waals surface area contributed by atoms with Crippen LogP contribution in [0.1, 0.15) is 17.7 Å². The lowest BCUT2D eigenvalue weighted by atomic mass is 10.2. The summed E-state index contributed by atoms with van der Waals surface area (Å²) in [5.41, 5.74) is 0.606. The molecule has 1 aromatic heterocycles. The minimum Gasteiger partial charge on any atom is -0.326 e. The Morgan fingerprint density at radius 3 is 2.89 bits per heavy atom. The third-order valence-electron chi connectivity index (χ3n) is 2.61. The van der Waals surface area contributed by atoms with E-state index in [0.717, 1.165) is 12.8 Å². The molecule has 0 spiro atoms. The molecular formula is C14H13BrFNOS. The summed E-state index contributed by atoms with van der Waals surface area (Å²) in [5.74, 6) is -0.384. The van der Waals surface area contributed by atoms with Crippen molar-refractivity contribution in [2.75, 3.05) is 5.32 Å². The van der Waals surface area contributed by atoms with Gasteiger partial charge in [0.15, 0.2) is 0 Å². The highest BCUT2D eigenvalue weighted by Gasteiger charge is 2.05. The Morgan fingerprint density at radius 1 is 1.37 bits per heavy atom. The number of hydrogen-bond acceptors (Lipinski definition) is 2. The van der Waals surface area contributed by atoms with Gasteiger partial charge in [0.1, 0.15) is 5.82 Å². The highest BCUT2D eigenvalue weighted by molar-refractivity contribution is 9.10. The summed E-state index contributed by atoms with van der Waals surface area (Å²) in [6.45, 7) is 0. The molecule has 0 saturated carbocycles. The molecule has 1 amide bonds. The zero-order chi connectivity index (χ0) is 13.7. The summed E-state index contributed by atoms with van der Waals surface area (Å²) in [7, 11) is 0. The lowest BCUT2D eigenvalue weighted by Gasteiger charge is -2.05. The number of carbonyl (C=O) groups excluding carboxylic acids is 1. The van der Waals surface area contributed by atoms with Gasteiger partial charge in [-0.3, -0.25) is 4.79 Å². The van der Waals surface area contributed by atoms with Crippen molar-refractivity contribution in [1.29, 1.82) is 0 Å². The SMILES string of the molecule is O=C(CCCc1cccs1)Nc1ccc(F)c(Br)c1. The maximum absolute atomic E-state index is 13.0. The first kappa shape index (κ1) is 14.2. The lowest BCUT2D eigenvalue weighted by Crippen LogP contribution is -2.11. The molecule has 2 aromatic rings. The quantitative estimate of drug-likeness (QED) is 0.845. The first-order chi connectivity index (χ1) is 9.15. The van der Waals surface area contributed by atoms with E-state index in [9.17, 15) is 9.18 Å². The van der Waals surface area contributed by atoms with Gasteiger partial charge in [-0.05, 0) is 58.4 Å². The van der Waals surface area contributed by atoms with Crippen molar-refractivity contribution < 1.29 is 9.18 Å². The number of benzene rings is 1. The summed E-state index contributed by atoms with van der Waals surface area (Å²) in [5, 5.41) is 4.79. The average Bonchev–Trinajstić information content (AvgIpc) is 2.87. The van der Waals surface area contributed by atoms with Crippen molar-refractivity contribution in [1.82, 2.24) is 0 Å². The number of thiophene rings is 1. The van der Waals surface area contributed by atoms with Crippen molar-refractivity contribution in [3.05, 3.63) is 50.9 Å². The highest BCUT2D eigenvalue weighted by atomic mass is 79.9. The molecule has 0 atom stereocenters. The summed E-state index contributed by atoms with van der Waals surface area (Å²) >= 11 is 4.79. The first-order valence-electron chi connectivity index (χ1n) is 5.92. The molecule has 0 aliphatic heterocycles. The standard InChI is InChI=1S/C14H13BrFNOS/c15-12-9-10(6-7-13(12)16)17-14(18)5-1-3-11-4-2-8-19-11/h2,4,6-9H,1,3,5H2,(H,17,18). The molecular weight excluding hydrogens is 329 g/mol. The number of nitrogens with one attached hydrogen (secondary N) is 1. The molecule has 2 rings (SSSR count). The van der Waals surface area contributed by atoms with Crippen molar-refractivity contribution in [3.8, 4) is 0 Å². The minimum atomic E-state index is -0.337. The van der Waals surface area contributed by atoms with Gasteiger partial charge < -0.3 is 5.32 Å². The molecule has 100 valence electrons. The lowest BCUT2D eigenvalue weighted by molar-refractivity contribution is -0.116. The Labute approximate surface area is 123 Å². The second-order valence-electron chi connectivity index (χ2n) is 4.11. The maximum Gasteiger partial charge on any atom is 0.224 e. The molecule has 2 nitrogen and oxygen atoms in total. The number of halogens is 2. The molecule has 0 saturated heterocycles. The second-order valence-corrected chi connectivity index (χ2v) is 6.00. The number of rotatable bonds is 5. The fourth-order valence-electron chi connectivity index (χ4n) is 1.68. The van der Waals surface area contributed by atoms with E-state index >= 15 is 0 Å². The molecule has 0 bridgehead atoms. The number of aryl methyl sites for hydroxylation is 1. The van der Waals surface area contributed by atoms with Crippen LogP contribution in [0.5, 0.6) is 0 Å². The normalized spacial score (nSPS) is 10.4. The van der Waals surface area contributed by atoms with Crippen LogP contribution in [0.15, 0.2) is 40.2 Å². The first-order valence-corrected chi connectivity index (χ1v) is 7.60. The fraction of sp³-hybridized carbons (Fsp3) is 0.214. The fourth-order valence-corrected chi connectivity index (χ4v) is 2.81. The van der Waals surface area contributed by atoms with E-state index in [1.807, 2.05) is 11.4 Å². The van der Waals surface area contributed by atoms with E-state index in [0.29, 0.717) is 16.6 Å². The topological polar surface area (TPSA) is 29.1 Å². The van der Waals surface area contributed by atoms with E-state index in [4.69, 9.17) is 0 Å². The van der Waals surface area contributed by atoms with Gasteiger partial charge in [0, 0.05) is 17.0 Å². The van der Waals surface area contributed by atoms with Gasteiger partial charge in [0.25, 0.3) is 0 Å². The number of anilines is 1. The van der Waals surface area contributed by atoms with E-state index in [2.05, 4.69) is 27.3 Å². The van der Waals surface area contributed by atoms with Crippen LogP contribution in [0.25, 0.3) is 0 Å². The van der Waals surface area contributed by atoms with Gasteiger partial charge in [0.2, 0.25) is 5.91 Å². The third kappa shape index (κ3) is 4.44. The zero-order valence-electron chi connectivity index (χ0n) is 10.2. The van der Waals surface area contributed by atoms with Crippen LogP contribution >= 0.6 is 27.3 Å². The molecule has 0 radical (unpaired) electrons. The second kappa shape index (κ2) is 6.82. The molecule has 1 N–H and O–H groups in total. The summed E-state index contributed by atoms with van der Waals surface area (Å²) in [4.78, 5) is 13.0. The van der Waals surface area contributed by atoms with Crippen LogP contribution in [-0.4, -0.2) is 5.91 Å². The smallest absolute Gasteiger partial charge is 0.224 e. The molecule has 19 heavy (non-hydrogen) atoms. The highest BCUT2D eigenvalue weighted by Crippen LogP contribution is 2.20. The third-order valence-corrected chi connectivity index (χ3v) is 4.15. The van der Waals surface area contributed by atoms with E-state index in [1.165, 1.54) is 10.9 Å². The Balaban J connectivity index is 1.79. The largest absolute Gasteiger partial charge is 0.326 e. The Hall–Kier alpha value is -1.20.